The standard InChI is InChI=1S/C29H35FN6O6S/c1-4-34(5-2)28-31-19-25(36(43(3,40)41)22-10-8-9-21(30)18-22)26(33-28)32-24(27(37)38)17-20-11-13-23(14-12-20)42-29(39)35-15-6-7-16-35/h8-14,18-19,24H,4-7,15-17H2,1-3H3,(H,37,38)(H,31,32,33)/t24-/m0/s1. The highest BCUT2D eigenvalue weighted by Crippen LogP contribution is 2.35. The van der Waals surface area contributed by atoms with Crippen LogP contribution in [0.3, 0.4) is 0 Å². The number of carbonyl (C=O) groups is 2. The van der Waals surface area contributed by atoms with Crippen LogP contribution in [0, 0.1) is 5.82 Å². The summed E-state index contributed by atoms with van der Waals surface area (Å²) in [6.07, 6.45) is 3.66. The fourth-order valence-electron chi connectivity index (χ4n) is 4.75. The van der Waals surface area contributed by atoms with Gasteiger partial charge in [-0.3, -0.25) is 0 Å². The molecule has 14 heteroatoms. The number of sulfonamides is 1. The summed E-state index contributed by atoms with van der Waals surface area (Å²) in [5, 5.41) is 13.0. The fourth-order valence-corrected chi connectivity index (χ4v) is 5.74. The summed E-state index contributed by atoms with van der Waals surface area (Å²) in [7, 11) is -4.05. The summed E-state index contributed by atoms with van der Waals surface area (Å²) in [5.41, 5.74) is 0.542. The van der Waals surface area contributed by atoms with E-state index in [2.05, 4.69) is 15.3 Å². The number of carbonyl (C=O) groups excluding carboxylic acids is 1. The van der Waals surface area contributed by atoms with Gasteiger partial charge in [-0.1, -0.05) is 18.2 Å². The number of halogens is 1. The Balaban J connectivity index is 1.66. The van der Waals surface area contributed by atoms with Crippen molar-refractivity contribution in [1.29, 1.82) is 0 Å². The summed E-state index contributed by atoms with van der Waals surface area (Å²) >= 11 is 0. The van der Waals surface area contributed by atoms with Gasteiger partial charge in [-0.05, 0) is 62.6 Å². The third-order valence-electron chi connectivity index (χ3n) is 6.94. The van der Waals surface area contributed by atoms with E-state index in [0.29, 0.717) is 37.5 Å². The SMILES string of the molecule is CCN(CC)c1ncc(N(c2cccc(F)c2)S(C)(=O)=O)c(N[C@@H](Cc2ccc(OC(=O)N3CCCC3)cc2)C(=O)O)n1. The lowest BCUT2D eigenvalue weighted by atomic mass is 10.1. The van der Waals surface area contributed by atoms with E-state index in [1.54, 1.807) is 29.2 Å². The van der Waals surface area contributed by atoms with Crippen LogP contribution in [0.1, 0.15) is 32.3 Å². The van der Waals surface area contributed by atoms with Crippen LogP contribution in [0.2, 0.25) is 0 Å². The lowest BCUT2D eigenvalue weighted by Crippen LogP contribution is -2.34. The largest absolute Gasteiger partial charge is 0.480 e. The van der Waals surface area contributed by atoms with E-state index < -0.39 is 33.9 Å². The number of aliphatic carboxylic acids is 1. The van der Waals surface area contributed by atoms with Gasteiger partial charge in [0.25, 0.3) is 0 Å². The summed E-state index contributed by atoms with van der Waals surface area (Å²) in [4.78, 5) is 37.0. The molecule has 0 bridgehead atoms. The van der Waals surface area contributed by atoms with E-state index in [1.165, 1.54) is 24.4 Å². The number of amides is 1. The molecule has 0 aliphatic carbocycles. The van der Waals surface area contributed by atoms with Gasteiger partial charge >= 0.3 is 12.1 Å². The van der Waals surface area contributed by atoms with Crippen molar-refractivity contribution >= 4 is 45.2 Å². The Bertz CT molecular complexity index is 1550. The van der Waals surface area contributed by atoms with Crippen LogP contribution in [0.5, 0.6) is 5.75 Å². The molecular weight excluding hydrogens is 579 g/mol. The number of carboxylic acids is 1. The number of anilines is 4. The predicted molar refractivity (Wildman–Crippen MR) is 161 cm³/mol. The third-order valence-corrected chi connectivity index (χ3v) is 8.01. The number of rotatable bonds is 12. The number of benzene rings is 2. The first kappa shape index (κ1) is 31.5. The number of aromatic nitrogens is 2. The lowest BCUT2D eigenvalue weighted by Gasteiger charge is -2.27. The molecule has 0 spiro atoms. The zero-order chi connectivity index (χ0) is 31.1. The van der Waals surface area contributed by atoms with E-state index in [1.807, 2.05) is 18.7 Å². The summed E-state index contributed by atoms with van der Waals surface area (Å²) in [6.45, 7) is 6.20. The van der Waals surface area contributed by atoms with Crippen LogP contribution in [0.4, 0.5) is 32.3 Å². The van der Waals surface area contributed by atoms with Crippen molar-refractivity contribution in [1.82, 2.24) is 14.9 Å². The molecular formula is C29H35FN6O6S. The predicted octanol–water partition coefficient (Wildman–Crippen LogP) is 4.26. The van der Waals surface area contributed by atoms with Crippen LogP contribution >= 0.6 is 0 Å². The molecule has 0 saturated carbocycles. The Morgan fingerprint density at radius 2 is 1.79 bits per heavy atom. The van der Waals surface area contributed by atoms with E-state index in [-0.39, 0.29) is 29.6 Å². The Morgan fingerprint density at radius 3 is 2.37 bits per heavy atom. The van der Waals surface area contributed by atoms with Gasteiger partial charge < -0.3 is 25.0 Å². The van der Waals surface area contributed by atoms with E-state index >= 15 is 0 Å². The van der Waals surface area contributed by atoms with Gasteiger partial charge in [0, 0.05) is 32.6 Å². The number of ether oxygens (including phenoxy) is 1. The topological polar surface area (TPSA) is 145 Å². The van der Waals surface area contributed by atoms with Crippen molar-refractivity contribution in [2.45, 2.75) is 39.2 Å². The van der Waals surface area contributed by atoms with Gasteiger partial charge in [0.2, 0.25) is 16.0 Å². The number of carboxylic acid groups (broad SMARTS) is 1. The molecule has 1 aliphatic heterocycles. The molecule has 1 atom stereocenters. The van der Waals surface area contributed by atoms with Crippen molar-refractivity contribution in [2.75, 3.05) is 47.0 Å². The second-order valence-electron chi connectivity index (χ2n) is 10.0. The van der Waals surface area contributed by atoms with Crippen molar-refractivity contribution in [3.8, 4) is 5.75 Å². The Morgan fingerprint density at radius 1 is 1.12 bits per heavy atom. The first-order valence-corrected chi connectivity index (χ1v) is 15.8. The first-order valence-electron chi connectivity index (χ1n) is 13.9. The van der Waals surface area contributed by atoms with Gasteiger partial charge in [0.15, 0.2) is 5.82 Å². The fraction of sp³-hybridized carbons (Fsp3) is 0.379. The second kappa shape index (κ2) is 13.7. The number of hydrogen-bond donors (Lipinski definition) is 2. The van der Waals surface area contributed by atoms with Crippen LogP contribution in [0.25, 0.3) is 0 Å². The second-order valence-corrected chi connectivity index (χ2v) is 11.9. The maximum Gasteiger partial charge on any atom is 0.415 e. The molecule has 0 radical (unpaired) electrons. The zero-order valence-electron chi connectivity index (χ0n) is 24.2. The van der Waals surface area contributed by atoms with Crippen molar-refractivity contribution in [2.24, 2.45) is 0 Å². The smallest absolute Gasteiger partial charge is 0.415 e. The molecule has 12 nitrogen and oxygen atoms in total. The number of nitrogens with one attached hydrogen (secondary N) is 1. The van der Waals surface area contributed by atoms with Crippen LogP contribution in [-0.2, 0) is 21.2 Å². The average molecular weight is 615 g/mol. The number of nitrogens with zero attached hydrogens (tertiary/aromatic N) is 5. The molecule has 1 aromatic heterocycles. The highest BCUT2D eigenvalue weighted by atomic mass is 32.2. The molecule has 2 aromatic carbocycles. The minimum atomic E-state index is -4.05. The van der Waals surface area contributed by atoms with Gasteiger partial charge in [-0.2, -0.15) is 4.98 Å². The summed E-state index contributed by atoms with van der Waals surface area (Å²) < 4.78 is 46.4. The summed E-state index contributed by atoms with van der Waals surface area (Å²) in [6, 6.07) is 10.3. The molecule has 0 unspecified atom stereocenters. The highest BCUT2D eigenvalue weighted by molar-refractivity contribution is 7.92. The van der Waals surface area contributed by atoms with Gasteiger partial charge in [0.05, 0.1) is 18.1 Å². The maximum absolute atomic E-state index is 14.1. The molecule has 2 heterocycles. The maximum atomic E-state index is 14.1. The van der Waals surface area contributed by atoms with Crippen molar-refractivity contribution in [3.05, 3.63) is 66.1 Å². The molecule has 4 rings (SSSR count). The number of hydrogen-bond acceptors (Lipinski definition) is 9. The van der Waals surface area contributed by atoms with Crippen LogP contribution in [-0.4, -0.2) is 78.9 Å². The highest BCUT2D eigenvalue weighted by Gasteiger charge is 2.28. The molecule has 1 aliphatic rings. The average Bonchev–Trinajstić information content (AvgIpc) is 3.50. The molecule has 1 amide bonds. The monoisotopic (exact) mass is 614 g/mol. The number of likely N-dealkylation sites (tertiary alicyclic amines) is 1. The van der Waals surface area contributed by atoms with Crippen molar-refractivity contribution < 1.29 is 32.2 Å². The van der Waals surface area contributed by atoms with E-state index in [4.69, 9.17) is 4.74 Å². The molecule has 1 saturated heterocycles. The minimum Gasteiger partial charge on any atom is -0.480 e. The normalized spacial score (nSPS) is 13.8. The third kappa shape index (κ3) is 7.89. The minimum absolute atomic E-state index is 0.00400. The Labute approximate surface area is 250 Å². The Hall–Kier alpha value is -4.46. The Kier molecular flexibility index (Phi) is 10.0. The first-order chi connectivity index (χ1) is 20.5. The van der Waals surface area contributed by atoms with E-state index in [0.717, 1.165) is 29.5 Å². The molecule has 230 valence electrons. The summed E-state index contributed by atoms with van der Waals surface area (Å²) in [5.74, 6) is -1.33. The quantitative estimate of drug-likeness (QED) is 0.304. The van der Waals surface area contributed by atoms with Gasteiger partial charge in [-0.15, -0.1) is 0 Å². The van der Waals surface area contributed by atoms with Gasteiger partial charge in [-0.25, -0.2) is 31.7 Å². The zero-order valence-corrected chi connectivity index (χ0v) is 25.1. The lowest BCUT2D eigenvalue weighted by molar-refractivity contribution is -0.137. The van der Waals surface area contributed by atoms with Gasteiger partial charge in [0.1, 0.15) is 23.3 Å². The molecule has 1 fully saturated rings. The molecule has 43 heavy (non-hydrogen) atoms. The molecule has 2 N–H and O–H groups in total. The van der Waals surface area contributed by atoms with Crippen molar-refractivity contribution in [3.63, 3.8) is 0 Å². The van der Waals surface area contributed by atoms with Crippen LogP contribution < -0.4 is 19.3 Å². The molecule has 3 aromatic rings. The van der Waals surface area contributed by atoms with E-state index in [9.17, 15) is 27.5 Å². The van der Waals surface area contributed by atoms with Crippen LogP contribution in [0.15, 0.2) is 54.7 Å².